The second-order valence-electron chi connectivity index (χ2n) is 5.75. The number of rotatable bonds is 4. The van der Waals surface area contributed by atoms with Gasteiger partial charge in [-0.05, 0) is 33.8 Å². The fraction of sp³-hybridized carbons (Fsp3) is 0.500. The Balaban J connectivity index is 2.12. The van der Waals surface area contributed by atoms with E-state index in [1.807, 2.05) is 13.8 Å². The molecule has 0 unspecified atom stereocenters. The van der Waals surface area contributed by atoms with Crippen LogP contribution in [0, 0.1) is 13.8 Å². The van der Waals surface area contributed by atoms with E-state index in [9.17, 15) is 18.0 Å². The van der Waals surface area contributed by atoms with Gasteiger partial charge in [0.25, 0.3) is 5.91 Å². The summed E-state index contributed by atoms with van der Waals surface area (Å²) in [6.45, 7) is 6.17. The molecule has 0 aliphatic rings. The zero-order valence-corrected chi connectivity index (χ0v) is 14.0. The Morgan fingerprint density at radius 3 is 2.52 bits per heavy atom. The Morgan fingerprint density at radius 2 is 2.00 bits per heavy atom. The summed E-state index contributed by atoms with van der Waals surface area (Å²) in [5, 5.41) is 7.15. The molecule has 9 heteroatoms. The lowest BCUT2D eigenvalue weighted by Crippen LogP contribution is -2.41. The third kappa shape index (κ3) is 4.31. The third-order valence-electron chi connectivity index (χ3n) is 3.20. The van der Waals surface area contributed by atoms with E-state index in [0.717, 1.165) is 21.8 Å². The van der Waals surface area contributed by atoms with Crippen LogP contribution in [-0.2, 0) is 12.1 Å². The van der Waals surface area contributed by atoms with Crippen molar-refractivity contribution >= 4 is 17.2 Å². The van der Waals surface area contributed by atoms with Gasteiger partial charge in [0.2, 0.25) is 0 Å². The highest BCUT2D eigenvalue weighted by molar-refractivity contribution is 7.11. The minimum absolute atomic E-state index is 0.0627. The number of nitrogens with one attached hydrogen (secondary N) is 1. The summed E-state index contributed by atoms with van der Waals surface area (Å²) < 4.78 is 37.6. The maximum absolute atomic E-state index is 12.3. The van der Waals surface area contributed by atoms with E-state index in [1.54, 1.807) is 13.8 Å². The van der Waals surface area contributed by atoms with Crippen molar-refractivity contribution in [2.75, 3.05) is 0 Å². The van der Waals surface area contributed by atoms with Crippen LogP contribution in [0.2, 0.25) is 0 Å². The molecule has 0 fully saturated rings. The number of halogens is 3. The molecule has 23 heavy (non-hydrogen) atoms. The molecule has 2 heterocycles. The molecule has 2 aromatic heterocycles. The molecule has 2 rings (SSSR count). The summed E-state index contributed by atoms with van der Waals surface area (Å²) in [6.07, 6.45) is -3.25. The summed E-state index contributed by atoms with van der Waals surface area (Å²) in [5.41, 5.74) is 0.0864. The van der Waals surface area contributed by atoms with Crippen LogP contribution in [0.3, 0.4) is 0 Å². The summed E-state index contributed by atoms with van der Waals surface area (Å²) in [4.78, 5) is 17.7. The number of aryl methyl sites for hydroxylation is 2. The Morgan fingerprint density at radius 1 is 1.35 bits per heavy atom. The summed E-state index contributed by atoms with van der Waals surface area (Å²) in [6, 6.07) is 1.26. The SMILES string of the molecule is Cc1nc(C(C)(C)NC(=O)c2ccn(CC(F)(F)F)n2)sc1C. The van der Waals surface area contributed by atoms with Gasteiger partial charge < -0.3 is 5.32 Å². The van der Waals surface area contributed by atoms with Crippen molar-refractivity contribution in [2.24, 2.45) is 0 Å². The fourth-order valence-electron chi connectivity index (χ4n) is 1.90. The minimum atomic E-state index is -4.38. The normalized spacial score (nSPS) is 12.5. The Bertz CT molecular complexity index is 698. The summed E-state index contributed by atoms with van der Waals surface area (Å²) >= 11 is 1.47. The van der Waals surface area contributed by atoms with Crippen LogP contribution < -0.4 is 5.32 Å². The van der Waals surface area contributed by atoms with E-state index < -0.39 is 24.2 Å². The molecule has 5 nitrogen and oxygen atoms in total. The summed E-state index contributed by atoms with van der Waals surface area (Å²) in [5.74, 6) is -0.540. The molecule has 0 radical (unpaired) electrons. The quantitative estimate of drug-likeness (QED) is 0.925. The predicted molar refractivity (Wildman–Crippen MR) is 80.4 cm³/mol. The number of nitrogens with zero attached hydrogens (tertiary/aromatic N) is 3. The van der Waals surface area contributed by atoms with Gasteiger partial charge in [0, 0.05) is 11.1 Å². The highest BCUT2D eigenvalue weighted by atomic mass is 32.1. The van der Waals surface area contributed by atoms with Crippen molar-refractivity contribution in [1.82, 2.24) is 20.1 Å². The van der Waals surface area contributed by atoms with Crippen molar-refractivity contribution < 1.29 is 18.0 Å². The molecular formula is C14H17F3N4OS. The van der Waals surface area contributed by atoms with Gasteiger partial charge in [0.05, 0.1) is 11.2 Å². The van der Waals surface area contributed by atoms with Gasteiger partial charge in [-0.1, -0.05) is 0 Å². The lowest BCUT2D eigenvalue weighted by molar-refractivity contribution is -0.142. The minimum Gasteiger partial charge on any atom is -0.339 e. The average Bonchev–Trinajstić information content (AvgIpc) is 2.95. The first-order valence-corrected chi connectivity index (χ1v) is 7.67. The van der Waals surface area contributed by atoms with Gasteiger partial charge in [-0.3, -0.25) is 9.48 Å². The number of carbonyl (C=O) groups excluding carboxylic acids is 1. The smallest absolute Gasteiger partial charge is 0.339 e. The van der Waals surface area contributed by atoms with Crippen LogP contribution in [-0.4, -0.2) is 26.8 Å². The van der Waals surface area contributed by atoms with E-state index in [-0.39, 0.29) is 5.69 Å². The van der Waals surface area contributed by atoms with E-state index in [2.05, 4.69) is 15.4 Å². The topological polar surface area (TPSA) is 59.8 Å². The van der Waals surface area contributed by atoms with Crippen LogP contribution in [0.15, 0.2) is 12.3 Å². The van der Waals surface area contributed by atoms with Gasteiger partial charge in [-0.2, -0.15) is 18.3 Å². The second-order valence-corrected chi connectivity index (χ2v) is 6.96. The molecule has 1 N–H and O–H groups in total. The predicted octanol–water partition coefficient (Wildman–Crippen LogP) is 3.18. The number of alkyl halides is 3. The summed E-state index contributed by atoms with van der Waals surface area (Å²) in [7, 11) is 0. The van der Waals surface area contributed by atoms with Gasteiger partial charge in [0.1, 0.15) is 17.2 Å². The number of amides is 1. The Labute approximate surface area is 135 Å². The Hall–Kier alpha value is -1.90. The van der Waals surface area contributed by atoms with Crippen molar-refractivity contribution in [2.45, 2.75) is 46.0 Å². The molecule has 2 aromatic rings. The van der Waals surface area contributed by atoms with E-state index in [4.69, 9.17) is 0 Å². The first kappa shape index (κ1) is 17.5. The maximum atomic E-state index is 12.3. The lowest BCUT2D eigenvalue weighted by Gasteiger charge is -2.23. The fourth-order valence-corrected chi connectivity index (χ4v) is 2.87. The first-order chi connectivity index (χ1) is 10.5. The highest BCUT2D eigenvalue weighted by Gasteiger charge is 2.30. The van der Waals surface area contributed by atoms with E-state index >= 15 is 0 Å². The average molecular weight is 346 g/mol. The van der Waals surface area contributed by atoms with Crippen LogP contribution in [0.4, 0.5) is 13.2 Å². The Kier molecular flexibility index (Phi) is 4.52. The second kappa shape index (κ2) is 5.95. The number of hydrogen-bond acceptors (Lipinski definition) is 4. The van der Waals surface area contributed by atoms with Crippen molar-refractivity contribution in [3.63, 3.8) is 0 Å². The standard InChI is InChI=1S/C14H17F3N4OS/c1-8-9(2)23-12(18-8)13(3,4)19-11(22)10-5-6-21(20-10)7-14(15,16)17/h5-6H,7H2,1-4H3,(H,19,22). The number of thiazole rings is 1. The van der Waals surface area contributed by atoms with Crippen molar-refractivity contribution in [3.8, 4) is 0 Å². The molecule has 0 bridgehead atoms. The zero-order valence-electron chi connectivity index (χ0n) is 13.2. The monoisotopic (exact) mass is 346 g/mol. The van der Waals surface area contributed by atoms with Gasteiger partial charge >= 0.3 is 6.18 Å². The van der Waals surface area contributed by atoms with E-state index in [0.29, 0.717) is 4.68 Å². The zero-order chi connectivity index (χ0) is 17.4. The maximum Gasteiger partial charge on any atom is 0.408 e. The number of aromatic nitrogens is 3. The van der Waals surface area contributed by atoms with Crippen LogP contribution in [0.25, 0.3) is 0 Å². The molecule has 0 aliphatic heterocycles. The van der Waals surface area contributed by atoms with Crippen molar-refractivity contribution in [1.29, 1.82) is 0 Å². The highest BCUT2D eigenvalue weighted by Crippen LogP contribution is 2.27. The molecule has 0 aliphatic carbocycles. The lowest BCUT2D eigenvalue weighted by atomic mass is 10.1. The molecule has 1 amide bonds. The molecule has 0 spiro atoms. The van der Waals surface area contributed by atoms with Gasteiger partial charge in [-0.25, -0.2) is 4.98 Å². The van der Waals surface area contributed by atoms with Gasteiger partial charge in [-0.15, -0.1) is 11.3 Å². The number of carbonyl (C=O) groups is 1. The van der Waals surface area contributed by atoms with E-state index in [1.165, 1.54) is 17.4 Å². The van der Waals surface area contributed by atoms with Crippen LogP contribution in [0.5, 0.6) is 0 Å². The van der Waals surface area contributed by atoms with Crippen LogP contribution in [0.1, 0.15) is 39.9 Å². The molecule has 0 aromatic carbocycles. The van der Waals surface area contributed by atoms with Crippen LogP contribution >= 0.6 is 11.3 Å². The molecular weight excluding hydrogens is 329 g/mol. The third-order valence-corrected chi connectivity index (χ3v) is 4.60. The molecule has 0 saturated carbocycles. The molecule has 0 saturated heterocycles. The van der Waals surface area contributed by atoms with Gasteiger partial charge in [0.15, 0.2) is 0 Å². The molecule has 0 atom stereocenters. The molecule has 126 valence electrons. The first-order valence-electron chi connectivity index (χ1n) is 6.85. The largest absolute Gasteiger partial charge is 0.408 e. The number of hydrogen-bond donors (Lipinski definition) is 1. The van der Waals surface area contributed by atoms with Crippen molar-refractivity contribution in [3.05, 3.63) is 33.5 Å².